The van der Waals surface area contributed by atoms with Gasteiger partial charge in [0.1, 0.15) is 0 Å². The summed E-state index contributed by atoms with van der Waals surface area (Å²) in [6.45, 7) is 12.7. The van der Waals surface area contributed by atoms with Gasteiger partial charge < -0.3 is 10.0 Å². The van der Waals surface area contributed by atoms with E-state index in [0.29, 0.717) is 0 Å². The number of piperazine rings is 1. The summed E-state index contributed by atoms with van der Waals surface area (Å²) in [5.74, 6) is 0. The number of aryl methyl sites for hydroxylation is 2. The number of β-amino-alcohol motifs (C(OH)–C–C–N with tert-alkyl or cyclic N) is 1. The summed E-state index contributed by atoms with van der Waals surface area (Å²) in [7, 11) is 0. The largest absolute Gasteiger partial charge is 0.389 e. The third kappa shape index (κ3) is 3.43. The Hall–Kier alpha value is -0.650. The summed E-state index contributed by atoms with van der Waals surface area (Å²) >= 11 is 1.78. The number of aliphatic hydroxyl groups is 1. The van der Waals surface area contributed by atoms with E-state index in [1.165, 1.54) is 4.88 Å². The Morgan fingerprint density at radius 1 is 1.22 bits per heavy atom. The molecule has 1 aromatic heterocycles. The lowest BCUT2D eigenvalue weighted by Crippen LogP contribution is -2.50. The van der Waals surface area contributed by atoms with Crippen molar-refractivity contribution in [2.24, 2.45) is 0 Å². The van der Waals surface area contributed by atoms with Crippen LogP contribution >= 0.6 is 11.3 Å². The SMILES string of the molecule is Cc1nc(N2CCN(CC(C)(C)O)CC2)sc1C. The molecule has 1 saturated heterocycles. The molecule has 4 nitrogen and oxygen atoms in total. The van der Waals surface area contributed by atoms with E-state index in [-0.39, 0.29) is 0 Å². The second-order valence-corrected chi connectivity index (χ2v) is 6.90. The van der Waals surface area contributed by atoms with Crippen LogP contribution in [0.3, 0.4) is 0 Å². The Labute approximate surface area is 113 Å². The van der Waals surface area contributed by atoms with Crippen molar-refractivity contribution in [3.8, 4) is 0 Å². The van der Waals surface area contributed by atoms with Crippen molar-refractivity contribution in [2.45, 2.75) is 33.3 Å². The second kappa shape index (κ2) is 5.15. The molecule has 0 atom stereocenters. The van der Waals surface area contributed by atoms with E-state index in [4.69, 9.17) is 0 Å². The van der Waals surface area contributed by atoms with Crippen molar-refractivity contribution in [3.05, 3.63) is 10.6 Å². The number of anilines is 1. The van der Waals surface area contributed by atoms with Gasteiger partial charge in [0, 0.05) is 37.6 Å². The molecule has 0 radical (unpaired) electrons. The fourth-order valence-electron chi connectivity index (χ4n) is 2.24. The first-order valence-corrected chi connectivity index (χ1v) is 7.30. The van der Waals surface area contributed by atoms with Crippen LogP contribution in [-0.2, 0) is 0 Å². The van der Waals surface area contributed by atoms with E-state index in [1.54, 1.807) is 11.3 Å². The molecule has 0 bridgehead atoms. The molecular formula is C13H23N3OS. The highest BCUT2D eigenvalue weighted by Gasteiger charge is 2.24. The molecule has 0 unspecified atom stereocenters. The molecule has 0 saturated carbocycles. The molecule has 0 aliphatic carbocycles. The standard InChI is InChI=1S/C13H23N3OS/c1-10-11(2)18-12(14-10)16-7-5-15(6-8-16)9-13(3,4)17/h17H,5-9H2,1-4H3. The van der Waals surface area contributed by atoms with Crippen LogP contribution in [0.25, 0.3) is 0 Å². The van der Waals surface area contributed by atoms with E-state index in [1.807, 2.05) is 13.8 Å². The van der Waals surface area contributed by atoms with Gasteiger partial charge in [-0.15, -0.1) is 11.3 Å². The molecule has 5 heteroatoms. The van der Waals surface area contributed by atoms with Crippen LogP contribution in [0.4, 0.5) is 5.13 Å². The lowest BCUT2D eigenvalue weighted by atomic mass is 10.1. The predicted octanol–water partition coefficient (Wildman–Crippen LogP) is 1.65. The van der Waals surface area contributed by atoms with Crippen LogP contribution in [0.15, 0.2) is 0 Å². The Balaban J connectivity index is 1.90. The van der Waals surface area contributed by atoms with Crippen LogP contribution < -0.4 is 4.90 Å². The molecule has 0 aromatic carbocycles. The number of aromatic nitrogens is 1. The minimum absolute atomic E-state index is 0.601. The summed E-state index contributed by atoms with van der Waals surface area (Å²) in [5, 5.41) is 11.0. The van der Waals surface area contributed by atoms with Crippen molar-refractivity contribution < 1.29 is 5.11 Å². The first kappa shape index (κ1) is 13.8. The van der Waals surface area contributed by atoms with E-state index in [0.717, 1.165) is 43.5 Å². The molecule has 1 aromatic rings. The lowest BCUT2D eigenvalue weighted by Gasteiger charge is -2.37. The molecule has 2 rings (SSSR count). The Morgan fingerprint density at radius 3 is 2.28 bits per heavy atom. The lowest BCUT2D eigenvalue weighted by molar-refractivity contribution is 0.0345. The van der Waals surface area contributed by atoms with Gasteiger partial charge in [0.05, 0.1) is 11.3 Å². The molecule has 2 heterocycles. The van der Waals surface area contributed by atoms with Gasteiger partial charge in [0.15, 0.2) is 5.13 Å². The van der Waals surface area contributed by atoms with E-state index in [9.17, 15) is 5.11 Å². The van der Waals surface area contributed by atoms with Crippen molar-refractivity contribution in [1.29, 1.82) is 0 Å². The van der Waals surface area contributed by atoms with Crippen LogP contribution in [0.5, 0.6) is 0 Å². The first-order valence-electron chi connectivity index (χ1n) is 6.49. The first-order chi connectivity index (χ1) is 8.35. The van der Waals surface area contributed by atoms with Gasteiger partial charge in [-0.1, -0.05) is 0 Å². The molecule has 102 valence electrons. The fraction of sp³-hybridized carbons (Fsp3) is 0.769. The third-order valence-corrected chi connectivity index (χ3v) is 4.40. The number of hydrogen-bond donors (Lipinski definition) is 1. The monoisotopic (exact) mass is 269 g/mol. The van der Waals surface area contributed by atoms with Crippen LogP contribution in [-0.4, -0.2) is 53.3 Å². The van der Waals surface area contributed by atoms with Crippen LogP contribution in [0.2, 0.25) is 0 Å². The van der Waals surface area contributed by atoms with Gasteiger partial charge in [-0.2, -0.15) is 0 Å². The smallest absolute Gasteiger partial charge is 0.185 e. The Bertz CT molecular complexity index is 383. The van der Waals surface area contributed by atoms with E-state index >= 15 is 0 Å². The number of rotatable bonds is 3. The van der Waals surface area contributed by atoms with Gasteiger partial charge in [0.2, 0.25) is 0 Å². The van der Waals surface area contributed by atoms with Gasteiger partial charge in [0.25, 0.3) is 0 Å². The Morgan fingerprint density at radius 2 is 1.83 bits per heavy atom. The molecular weight excluding hydrogens is 246 g/mol. The maximum absolute atomic E-state index is 9.83. The normalized spacial score (nSPS) is 18.4. The zero-order valence-corrected chi connectivity index (χ0v) is 12.5. The number of nitrogens with zero attached hydrogens (tertiary/aromatic N) is 3. The van der Waals surface area contributed by atoms with Crippen molar-refractivity contribution in [2.75, 3.05) is 37.6 Å². The minimum Gasteiger partial charge on any atom is -0.389 e. The second-order valence-electron chi connectivity index (χ2n) is 5.71. The summed E-state index contributed by atoms with van der Waals surface area (Å²) in [6, 6.07) is 0. The van der Waals surface area contributed by atoms with E-state index in [2.05, 4.69) is 28.6 Å². The van der Waals surface area contributed by atoms with Crippen molar-refractivity contribution in [3.63, 3.8) is 0 Å². The topological polar surface area (TPSA) is 39.6 Å². The van der Waals surface area contributed by atoms with Gasteiger partial charge in [-0.25, -0.2) is 4.98 Å². The van der Waals surface area contributed by atoms with Crippen molar-refractivity contribution >= 4 is 16.5 Å². The average Bonchev–Trinajstić information content (AvgIpc) is 2.58. The summed E-state index contributed by atoms with van der Waals surface area (Å²) in [6.07, 6.45) is 0. The molecule has 1 aliphatic rings. The number of hydrogen-bond acceptors (Lipinski definition) is 5. The number of thiazole rings is 1. The minimum atomic E-state index is -0.601. The van der Waals surface area contributed by atoms with Crippen LogP contribution in [0, 0.1) is 13.8 Å². The average molecular weight is 269 g/mol. The molecule has 18 heavy (non-hydrogen) atoms. The van der Waals surface area contributed by atoms with Gasteiger partial charge in [-0.05, 0) is 27.7 Å². The molecule has 1 N–H and O–H groups in total. The predicted molar refractivity (Wildman–Crippen MR) is 76.5 cm³/mol. The van der Waals surface area contributed by atoms with Crippen LogP contribution in [0.1, 0.15) is 24.4 Å². The van der Waals surface area contributed by atoms with Crippen molar-refractivity contribution in [1.82, 2.24) is 9.88 Å². The molecule has 1 aliphatic heterocycles. The summed E-state index contributed by atoms with van der Waals surface area (Å²) in [4.78, 5) is 10.6. The van der Waals surface area contributed by atoms with Gasteiger partial charge >= 0.3 is 0 Å². The summed E-state index contributed by atoms with van der Waals surface area (Å²) < 4.78 is 0. The quantitative estimate of drug-likeness (QED) is 0.906. The molecule has 0 spiro atoms. The highest BCUT2D eigenvalue weighted by molar-refractivity contribution is 7.15. The zero-order chi connectivity index (χ0) is 13.3. The summed E-state index contributed by atoms with van der Waals surface area (Å²) in [5.41, 5.74) is 0.546. The maximum atomic E-state index is 9.83. The van der Waals surface area contributed by atoms with Gasteiger partial charge in [-0.3, -0.25) is 4.90 Å². The highest BCUT2D eigenvalue weighted by Crippen LogP contribution is 2.26. The highest BCUT2D eigenvalue weighted by atomic mass is 32.1. The maximum Gasteiger partial charge on any atom is 0.185 e. The molecule has 1 fully saturated rings. The molecule has 0 amide bonds. The van der Waals surface area contributed by atoms with E-state index < -0.39 is 5.60 Å². The Kier molecular flexibility index (Phi) is 3.94. The zero-order valence-electron chi connectivity index (χ0n) is 11.7. The fourth-order valence-corrected chi connectivity index (χ4v) is 3.20. The third-order valence-electron chi connectivity index (χ3n) is 3.27.